The summed E-state index contributed by atoms with van der Waals surface area (Å²) in [6.45, 7) is 3.58. The van der Waals surface area contributed by atoms with Crippen molar-refractivity contribution in [3.05, 3.63) is 48.0 Å². The van der Waals surface area contributed by atoms with Crippen molar-refractivity contribution in [3.8, 4) is 0 Å². The molecule has 0 unspecified atom stereocenters. The maximum atomic E-state index is 12.4. The van der Waals surface area contributed by atoms with Gasteiger partial charge < -0.3 is 11.1 Å². The molecule has 0 radical (unpaired) electrons. The Labute approximate surface area is 117 Å². The number of nitrogens with one attached hydrogen (secondary N) is 1. The lowest BCUT2D eigenvalue weighted by Gasteiger charge is -2.25. The molecule has 2 aromatic rings. The maximum absolute atomic E-state index is 12.4. The van der Waals surface area contributed by atoms with Crippen LogP contribution in [0, 0.1) is 0 Å². The molecule has 3 N–H and O–H groups in total. The molecule has 0 heterocycles. The monoisotopic (exact) mass is 272 g/mol. The highest BCUT2D eigenvalue weighted by Crippen LogP contribution is 2.19. The van der Waals surface area contributed by atoms with E-state index in [1.165, 1.54) is 0 Å². The third-order valence-corrected chi connectivity index (χ3v) is 3.59. The zero-order valence-electron chi connectivity index (χ0n) is 10.9. The van der Waals surface area contributed by atoms with E-state index in [0.29, 0.717) is 5.56 Å². The van der Waals surface area contributed by atoms with Crippen LogP contribution in [0.4, 0.5) is 0 Å². The fourth-order valence-electron chi connectivity index (χ4n) is 1.84. The highest BCUT2D eigenvalue weighted by atomic mass is 32.1. The molecule has 1 amide bonds. The van der Waals surface area contributed by atoms with Crippen molar-refractivity contribution < 1.29 is 4.79 Å². The summed E-state index contributed by atoms with van der Waals surface area (Å²) < 4.78 is 0. The van der Waals surface area contributed by atoms with Crippen LogP contribution in [-0.2, 0) is 0 Å². The fraction of sp³-hybridized carbons (Fsp3) is 0.200. The molecule has 0 bridgehead atoms. The molecule has 19 heavy (non-hydrogen) atoms. The van der Waals surface area contributed by atoms with E-state index in [0.717, 1.165) is 10.8 Å². The van der Waals surface area contributed by atoms with E-state index in [2.05, 4.69) is 5.32 Å². The summed E-state index contributed by atoms with van der Waals surface area (Å²) in [4.78, 5) is 12.6. The number of hydrogen-bond donors (Lipinski definition) is 2. The maximum Gasteiger partial charge on any atom is 0.252 e. The molecule has 0 aromatic heterocycles. The van der Waals surface area contributed by atoms with Crippen LogP contribution in [0.5, 0.6) is 0 Å². The number of rotatable bonds is 3. The van der Waals surface area contributed by atoms with Gasteiger partial charge in [0, 0.05) is 5.56 Å². The van der Waals surface area contributed by atoms with Crippen LogP contribution in [-0.4, -0.2) is 16.4 Å². The van der Waals surface area contributed by atoms with Crippen molar-refractivity contribution in [2.75, 3.05) is 0 Å². The van der Waals surface area contributed by atoms with E-state index in [4.69, 9.17) is 18.0 Å². The highest BCUT2D eigenvalue weighted by Gasteiger charge is 2.24. The van der Waals surface area contributed by atoms with Crippen LogP contribution < -0.4 is 11.1 Å². The van der Waals surface area contributed by atoms with Gasteiger partial charge in [0.05, 0.1) is 10.5 Å². The summed E-state index contributed by atoms with van der Waals surface area (Å²) in [6.07, 6.45) is 0. The summed E-state index contributed by atoms with van der Waals surface area (Å²) in [6, 6.07) is 13.4. The zero-order chi connectivity index (χ0) is 14.0. The predicted octanol–water partition coefficient (Wildman–Crippen LogP) is 2.63. The average molecular weight is 272 g/mol. The molecule has 0 aliphatic heterocycles. The van der Waals surface area contributed by atoms with Crippen molar-refractivity contribution in [2.24, 2.45) is 5.73 Å². The third kappa shape index (κ3) is 2.74. The molecule has 3 nitrogen and oxygen atoms in total. The smallest absolute Gasteiger partial charge is 0.252 e. The second kappa shape index (κ2) is 4.97. The molecule has 98 valence electrons. The first-order valence-electron chi connectivity index (χ1n) is 6.02. The molecule has 2 rings (SSSR count). The van der Waals surface area contributed by atoms with Gasteiger partial charge in [-0.2, -0.15) is 0 Å². The van der Waals surface area contributed by atoms with E-state index >= 15 is 0 Å². The molecule has 2 aromatic carbocycles. The largest absolute Gasteiger partial charge is 0.391 e. The van der Waals surface area contributed by atoms with E-state index < -0.39 is 5.54 Å². The van der Waals surface area contributed by atoms with Crippen LogP contribution >= 0.6 is 12.2 Å². The summed E-state index contributed by atoms with van der Waals surface area (Å²) in [5.41, 5.74) is 5.55. The molecule has 0 aliphatic rings. The lowest BCUT2D eigenvalue weighted by atomic mass is 10.0. The van der Waals surface area contributed by atoms with Crippen molar-refractivity contribution >= 4 is 33.9 Å². The number of benzene rings is 2. The van der Waals surface area contributed by atoms with E-state index in [1.807, 2.05) is 36.4 Å². The number of amides is 1. The van der Waals surface area contributed by atoms with E-state index in [-0.39, 0.29) is 10.9 Å². The number of carbonyl (C=O) groups excluding carboxylic acids is 1. The van der Waals surface area contributed by atoms with Gasteiger partial charge in [-0.15, -0.1) is 0 Å². The van der Waals surface area contributed by atoms with Crippen LogP contribution in [0.2, 0.25) is 0 Å². The number of fused-ring (bicyclic) bond motifs is 1. The SMILES string of the molecule is CC(C)(NC(=O)c1cccc2ccccc12)C(N)=S. The van der Waals surface area contributed by atoms with Crippen LogP contribution in [0.15, 0.2) is 42.5 Å². The molecule has 0 fully saturated rings. The molecule has 0 spiro atoms. The van der Waals surface area contributed by atoms with Gasteiger partial charge in [0.2, 0.25) is 0 Å². The van der Waals surface area contributed by atoms with Gasteiger partial charge in [0.1, 0.15) is 0 Å². The van der Waals surface area contributed by atoms with Gasteiger partial charge in [0.15, 0.2) is 0 Å². The highest BCUT2D eigenvalue weighted by molar-refractivity contribution is 7.80. The first kappa shape index (κ1) is 13.5. The number of nitrogens with two attached hydrogens (primary N) is 1. The Morgan fingerprint density at radius 3 is 2.47 bits per heavy atom. The minimum absolute atomic E-state index is 0.172. The molecule has 0 saturated carbocycles. The number of hydrogen-bond acceptors (Lipinski definition) is 2. The minimum atomic E-state index is -0.705. The van der Waals surface area contributed by atoms with Crippen LogP contribution in [0.1, 0.15) is 24.2 Å². The summed E-state index contributed by atoms with van der Waals surface area (Å²) in [5.74, 6) is -0.172. The molecule has 0 atom stereocenters. The molecule has 0 saturated heterocycles. The molecular weight excluding hydrogens is 256 g/mol. The molecule has 4 heteroatoms. The second-order valence-corrected chi connectivity index (χ2v) is 5.41. The van der Waals surface area contributed by atoms with E-state index in [1.54, 1.807) is 19.9 Å². The summed E-state index contributed by atoms with van der Waals surface area (Å²) in [7, 11) is 0. The van der Waals surface area contributed by atoms with Crippen molar-refractivity contribution in [1.82, 2.24) is 5.32 Å². The Balaban J connectivity index is 2.40. The topological polar surface area (TPSA) is 55.1 Å². The van der Waals surface area contributed by atoms with Crippen LogP contribution in [0.25, 0.3) is 10.8 Å². The van der Waals surface area contributed by atoms with E-state index in [9.17, 15) is 4.79 Å². The Morgan fingerprint density at radius 1 is 1.16 bits per heavy atom. The fourth-order valence-corrected chi connectivity index (χ4v) is 1.89. The normalized spacial score (nSPS) is 11.3. The standard InChI is InChI=1S/C15H16N2OS/c1-15(2,14(16)19)17-13(18)12-9-5-7-10-6-3-4-8-11(10)12/h3-9H,1-2H3,(H2,16,19)(H,17,18). The van der Waals surface area contributed by atoms with Gasteiger partial charge >= 0.3 is 0 Å². The average Bonchev–Trinajstić information content (AvgIpc) is 2.37. The first-order valence-corrected chi connectivity index (χ1v) is 6.43. The Bertz CT molecular complexity index is 644. The van der Waals surface area contributed by atoms with Gasteiger partial charge in [-0.05, 0) is 30.7 Å². The second-order valence-electron chi connectivity index (χ2n) is 4.97. The molecular formula is C15H16N2OS. The predicted molar refractivity (Wildman–Crippen MR) is 82.3 cm³/mol. The third-order valence-electron chi connectivity index (χ3n) is 3.08. The Kier molecular flexibility index (Phi) is 3.53. The van der Waals surface area contributed by atoms with Gasteiger partial charge in [0.25, 0.3) is 5.91 Å². The molecule has 0 aliphatic carbocycles. The van der Waals surface area contributed by atoms with Crippen molar-refractivity contribution in [3.63, 3.8) is 0 Å². The number of carbonyl (C=O) groups is 1. The van der Waals surface area contributed by atoms with Crippen LogP contribution in [0.3, 0.4) is 0 Å². The number of thiocarbonyl (C=S) groups is 1. The lowest BCUT2D eigenvalue weighted by molar-refractivity contribution is 0.0934. The Morgan fingerprint density at radius 2 is 1.79 bits per heavy atom. The first-order chi connectivity index (χ1) is 8.92. The van der Waals surface area contributed by atoms with Gasteiger partial charge in [-0.3, -0.25) is 4.79 Å². The minimum Gasteiger partial charge on any atom is -0.391 e. The lowest BCUT2D eigenvalue weighted by Crippen LogP contribution is -2.52. The quantitative estimate of drug-likeness (QED) is 0.845. The zero-order valence-corrected chi connectivity index (χ0v) is 11.8. The van der Waals surface area contributed by atoms with Crippen molar-refractivity contribution in [1.29, 1.82) is 0 Å². The summed E-state index contributed by atoms with van der Waals surface area (Å²) >= 11 is 4.96. The summed E-state index contributed by atoms with van der Waals surface area (Å²) in [5, 5.41) is 4.81. The van der Waals surface area contributed by atoms with Gasteiger partial charge in [-0.25, -0.2) is 0 Å². The Hall–Kier alpha value is -1.94. The van der Waals surface area contributed by atoms with Gasteiger partial charge in [-0.1, -0.05) is 48.6 Å². The van der Waals surface area contributed by atoms with Crippen molar-refractivity contribution in [2.45, 2.75) is 19.4 Å².